The lowest BCUT2D eigenvalue weighted by molar-refractivity contribution is 0.169. The summed E-state index contributed by atoms with van der Waals surface area (Å²) in [7, 11) is 0. The third kappa shape index (κ3) is 3.11. The number of aromatic nitrogens is 4. The van der Waals surface area contributed by atoms with Crippen molar-refractivity contribution < 1.29 is 9.18 Å². The van der Waals surface area contributed by atoms with Gasteiger partial charge >= 0.3 is 11.7 Å². The second kappa shape index (κ2) is 6.94. The summed E-state index contributed by atoms with van der Waals surface area (Å²) in [5, 5.41) is 0. The minimum Gasteiger partial charge on any atom is -0.324 e. The van der Waals surface area contributed by atoms with Crippen LogP contribution in [0.5, 0.6) is 0 Å². The summed E-state index contributed by atoms with van der Waals surface area (Å²) in [6.45, 7) is 3.61. The summed E-state index contributed by atoms with van der Waals surface area (Å²) in [5.74, 6) is 0.274. The molecule has 8 heteroatoms. The highest BCUT2D eigenvalue weighted by Crippen LogP contribution is 2.15. The average molecular weight is 369 g/mol. The number of carbonyl (C=O) groups excluding carboxylic acids is 1. The molecule has 0 aliphatic carbocycles. The van der Waals surface area contributed by atoms with Crippen LogP contribution in [-0.4, -0.2) is 43.1 Å². The average Bonchev–Trinajstić information content (AvgIpc) is 2.90. The standard InChI is InChI=1S/C19H20FN5O2/c1-2-24-15-12-21-16(9-6-13-4-7-14(20)8-5-13)22-17(15)25(19(24)27)18(26)23-10-3-11-23/h4-5,7-8,12H,2-3,6,9-11H2,1H3. The summed E-state index contributed by atoms with van der Waals surface area (Å²) in [4.78, 5) is 35.9. The van der Waals surface area contributed by atoms with E-state index in [4.69, 9.17) is 0 Å². The van der Waals surface area contributed by atoms with Crippen molar-refractivity contribution in [2.75, 3.05) is 13.1 Å². The van der Waals surface area contributed by atoms with Crippen molar-refractivity contribution in [2.45, 2.75) is 32.7 Å². The Kier molecular flexibility index (Phi) is 4.47. The number of aryl methyl sites for hydroxylation is 3. The first kappa shape index (κ1) is 17.4. The van der Waals surface area contributed by atoms with Crippen LogP contribution < -0.4 is 5.69 Å². The topological polar surface area (TPSA) is 73.0 Å². The van der Waals surface area contributed by atoms with Gasteiger partial charge < -0.3 is 4.90 Å². The second-order valence-electron chi connectivity index (χ2n) is 6.61. The normalized spacial score (nSPS) is 13.8. The molecule has 3 heterocycles. The fourth-order valence-corrected chi connectivity index (χ4v) is 3.23. The molecule has 1 saturated heterocycles. The molecule has 0 spiro atoms. The zero-order valence-corrected chi connectivity index (χ0v) is 15.1. The molecule has 0 N–H and O–H groups in total. The predicted molar refractivity (Wildman–Crippen MR) is 98.3 cm³/mol. The first-order chi connectivity index (χ1) is 13.1. The van der Waals surface area contributed by atoms with Gasteiger partial charge in [0, 0.05) is 26.1 Å². The van der Waals surface area contributed by atoms with E-state index >= 15 is 0 Å². The number of carbonyl (C=O) groups is 1. The van der Waals surface area contributed by atoms with Gasteiger partial charge in [-0.15, -0.1) is 0 Å². The molecule has 0 atom stereocenters. The van der Waals surface area contributed by atoms with Crippen molar-refractivity contribution in [1.82, 2.24) is 24.0 Å². The van der Waals surface area contributed by atoms with E-state index < -0.39 is 0 Å². The number of likely N-dealkylation sites (tertiary alicyclic amines) is 1. The van der Waals surface area contributed by atoms with E-state index in [1.54, 1.807) is 23.2 Å². The van der Waals surface area contributed by atoms with E-state index in [0.29, 0.717) is 49.5 Å². The molecule has 0 radical (unpaired) electrons. The lowest BCUT2D eigenvalue weighted by Gasteiger charge is -2.30. The van der Waals surface area contributed by atoms with E-state index in [-0.39, 0.29) is 17.5 Å². The van der Waals surface area contributed by atoms with Crippen molar-refractivity contribution >= 4 is 17.2 Å². The van der Waals surface area contributed by atoms with Crippen molar-refractivity contribution in [3.05, 3.63) is 58.2 Å². The Hall–Kier alpha value is -3.03. The summed E-state index contributed by atoms with van der Waals surface area (Å²) < 4.78 is 15.7. The van der Waals surface area contributed by atoms with E-state index in [1.807, 2.05) is 6.92 Å². The Morgan fingerprint density at radius 3 is 2.56 bits per heavy atom. The number of nitrogens with zero attached hydrogens (tertiary/aromatic N) is 5. The van der Waals surface area contributed by atoms with Crippen LogP contribution in [0.3, 0.4) is 0 Å². The Morgan fingerprint density at radius 1 is 1.19 bits per heavy atom. The number of amides is 1. The van der Waals surface area contributed by atoms with Crippen LogP contribution in [0, 0.1) is 5.82 Å². The number of fused-ring (bicyclic) bond motifs is 1. The van der Waals surface area contributed by atoms with E-state index in [9.17, 15) is 14.0 Å². The van der Waals surface area contributed by atoms with Gasteiger partial charge in [0.2, 0.25) is 0 Å². The van der Waals surface area contributed by atoms with Crippen LogP contribution in [0.15, 0.2) is 35.3 Å². The maximum absolute atomic E-state index is 13.0. The fraction of sp³-hybridized carbons (Fsp3) is 0.368. The largest absolute Gasteiger partial charge is 0.338 e. The van der Waals surface area contributed by atoms with Gasteiger partial charge in [-0.05, 0) is 37.5 Å². The predicted octanol–water partition coefficient (Wildman–Crippen LogP) is 2.21. The highest BCUT2D eigenvalue weighted by molar-refractivity contribution is 5.87. The maximum atomic E-state index is 13.0. The first-order valence-electron chi connectivity index (χ1n) is 9.09. The zero-order chi connectivity index (χ0) is 19.0. The fourth-order valence-electron chi connectivity index (χ4n) is 3.23. The van der Waals surface area contributed by atoms with Gasteiger partial charge in [0.1, 0.15) is 17.2 Å². The maximum Gasteiger partial charge on any atom is 0.338 e. The molecule has 1 aliphatic heterocycles. The smallest absolute Gasteiger partial charge is 0.324 e. The van der Waals surface area contributed by atoms with Gasteiger partial charge in [0.25, 0.3) is 0 Å². The Bertz CT molecular complexity index is 1050. The number of hydrogen-bond acceptors (Lipinski definition) is 4. The molecular weight excluding hydrogens is 349 g/mol. The molecule has 1 fully saturated rings. The monoisotopic (exact) mass is 369 g/mol. The van der Waals surface area contributed by atoms with Crippen molar-refractivity contribution in [1.29, 1.82) is 0 Å². The van der Waals surface area contributed by atoms with Crippen LogP contribution in [0.25, 0.3) is 11.2 Å². The van der Waals surface area contributed by atoms with Crippen molar-refractivity contribution in [2.24, 2.45) is 0 Å². The van der Waals surface area contributed by atoms with Gasteiger partial charge in [-0.2, -0.15) is 4.57 Å². The number of hydrogen-bond donors (Lipinski definition) is 0. The minimum atomic E-state index is -0.380. The molecule has 140 valence electrons. The number of imidazole rings is 1. The summed E-state index contributed by atoms with van der Waals surface area (Å²) in [6, 6.07) is 5.97. The summed E-state index contributed by atoms with van der Waals surface area (Å²) >= 11 is 0. The summed E-state index contributed by atoms with van der Waals surface area (Å²) in [6.07, 6.45) is 3.73. The highest BCUT2D eigenvalue weighted by atomic mass is 19.1. The van der Waals surface area contributed by atoms with Gasteiger partial charge in [-0.25, -0.2) is 23.9 Å². The van der Waals surface area contributed by atoms with Crippen molar-refractivity contribution in [3.63, 3.8) is 0 Å². The molecular formula is C19H20FN5O2. The minimum absolute atomic E-state index is 0.272. The Morgan fingerprint density at radius 2 is 1.93 bits per heavy atom. The van der Waals surface area contributed by atoms with Crippen LogP contribution in [-0.2, 0) is 19.4 Å². The lowest BCUT2D eigenvalue weighted by Crippen LogP contribution is -2.47. The number of rotatable bonds is 4. The molecule has 2 aromatic heterocycles. The van der Waals surface area contributed by atoms with E-state index in [2.05, 4.69) is 9.97 Å². The molecule has 4 rings (SSSR count). The Balaban J connectivity index is 1.68. The molecule has 7 nitrogen and oxygen atoms in total. The molecule has 1 aromatic carbocycles. The van der Waals surface area contributed by atoms with Crippen LogP contribution in [0.2, 0.25) is 0 Å². The number of benzene rings is 1. The lowest BCUT2D eigenvalue weighted by atomic mass is 10.1. The number of halogens is 1. The van der Waals surface area contributed by atoms with Gasteiger partial charge in [-0.1, -0.05) is 12.1 Å². The SMILES string of the molecule is CCn1c(=O)n(C(=O)N2CCC2)c2nc(CCc3ccc(F)cc3)ncc21. The van der Waals surface area contributed by atoms with Gasteiger partial charge in [0.15, 0.2) is 5.65 Å². The summed E-state index contributed by atoms with van der Waals surface area (Å²) in [5.41, 5.74) is 1.50. The molecule has 0 bridgehead atoms. The highest BCUT2D eigenvalue weighted by Gasteiger charge is 2.27. The molecule has 1 aliphatic rings. The molecule has 0 unspecified atom stereocenters. The quantitative estimate of drug-likeness (QED) is 0.707. The molecule has 0 saturated carbocycles. The van der Waals surface area contributed by atoms with Gasteiger partial charge in [-0.3, -0.25) is 4.57 Å². The third-order valence-corrected chi connectivity index (χ3v) is 4.91. The Labute approximate surface area is 155 Å². The van der Waals surface area contributed by atoms with E-state index in [1.165, 1.54) is 16.7 Å². The van der Waals surface area contributed by atoms with E-state index in [0.717, 1.165) is 16.6 Å². The molecule has 3 aromatic rings. The van der Waals surface area contributed by atoms with Gasteiger partial charge in [0.05, 0.1) is 6.20 Å². The first-order valence-corrected chi connectivity index (χ1v) is 9.09. The van der Waals surface area contributed by atoms with Crippen molar-refractivity contribution in [3.8, 4) is 0 Å². The zero-order valence-electron chi connectivity index (χ0n) is 15.1. The molecule has 27 heavy (non-hydrogen) atoms. The van der Waals surface area contributed by atoms with Crippen LogP contribution in [0.1, 0.15) is 24.7 Å². The second-order valence-corrected chi connectivity index (χ2v) is 6.61. The van der Waals surface area contributed by atoms with Crippen LogP contribution >= 0.6 is 0 Å². The third-order valence-electron chi connectivity index (χ3n) is 4.91. The van der Waals surface area contributed by atoms with Crippen LogP contribution in [0.4, 0.5) is 9.18 Å². The molecule has 1 amide bonds.